The molecule has 0 atom stereocenters. The molecule has 0 bridgehead atoms. The van der Waals surface area contributed by atoms with Gasteiger partial charge in [0.2, 0.25) is 17.6 Å². The van der Waals surface area contributed by atoms with E-state index in [0.717, 1.165) is 41.0 Å². The molecule has 0 saturated heterocycles. The highest BCUT2D eigenvalue weighted by Gasteiger charge is 2.24. The summed E-state index contributed by atoms with van der Waals surface area (Å²) in [7, 11) is 1.62. The van der Waals surface area contributed by atoms with Gasteiger partial charge in [-0.3, -0.25) is 4.79 Å². The lowest BCUT2D eigenvalue weighted by Crippen LogP contribution is -2.36. The van der Waals surface area contributed by atoms with Gasteiger partial charge in [-0.1, -0.05) is 5.16 Å². The third-order valence-corrected chi connectivity index (χ3v) is 5.34. The van der Waals surface area contributed by atoms with Gasteiger partial charge in [0, 0.05) is 30.6 Å². The summed E-state index contributed by atoms with van der Waals surface area (Å²) in [6, 6.07) is 10.5. The number of benzene rings is 2. The lowest BCUT2D eigenvalue weighted by Gasteiger charge is -2.31. The van der Waals surface area contributed by atoms with E-state index >= 15 is 0 Å². The second kappa shape index (κ2) is 8.65. The van der Waals surface area contributed by atoms with Crippen LogP contribution in [0.25, 0.3) is 11.4 Å². The van der Waals surface area contributed by atoms with Crippen molar-refractivity contribution < 1.29 is 18.4 Å². The van der Waals surface area contributed by atoms with Crippen LogP contribution < -0.4 is 9.64 Å². The van der Waals surface area contributed by atoms with Gasteiger partial charge in [0.1, 0.15) is 11.6 Å². The van der Waals surface area contributed by atoms with Gasteiger partial charge in [-0.05, 0) is 73.7 Å². The number of carbonyl (C=O) groups is 1. The molecule has 4 rings (SSSR count). The Bertz CT molecular complexity index is 1050. The van der Waals surface area contributed by atoms with Crippen LogP contribution in [0.1, 0.15) is 36.3 Å². The first-order chi connectivity index (χ1) is 14.5. The number of hydrogen-bond acceptors (Lipinski definition) is 5. The first-order valence-electron chi connectivity index (χ1n) is 10.1. The number of amides is 1. The highest BCUT2D eigenvalue weighted by atomic mass is 19.1. The summed E-state index contributed by atoms with van der Waals surface area (Å²) >= 11 is 0. The van der Waals surface area contributed by atoms with Crippen molar-refractivity contribution in [1.82, 2.24) is 10.1 Å². The minimum Gasteiger partial charge on any atom is -0.497 e. The van der Waals surface area contributed by atoms with Crippen molar-refractivity contribution in [3.05, 3.63) is 59.2 Å². The molecule has 30 heavy (non-hydrogen) atoms. The average Bonchev–Trinajstić information content (AvgIpc) is 3.22. The number of anilines is 1. The van der Waals surface area contributed by atoms with Crippen LogP contribution in [0.5, 0.6) is 5.75 Å². The molecule has 0 N–H and O–H groups in total. The lowest BCUT2D eigenvalue weighted by atomic mass is 9.97. The standard InChI is InChI=1S/C23H24FN3O3/c1-15-13-18(24)14-17-5-4-12-27(22(15)17)21(28)7-3-6-20-25-23(26-30-20)16-8-10-19(29-2)11-9-16/h8-11,13-14H,3-7,12H2,1-2H3. The van der Waals surface area contributed by atoms with Crippen LogP contribution in [0, 0.1) is 12.7 Å². The Morgan fingerprint density at radius 3 is 2.83 bits per heavy atom. The largest absolute Gasteiger partial charge is 0.497 e. The summed E-state index contributed by atoms with van der Waals surface area (Å²) in [5.74, 6) is 1.58. The molecule has 1 amide bonds. The molecular weight excluding hydrogens is 385 g/mol. The number of fused-ring (bicyclic) bond motifs is 1. The monoisotopic (exact) mass is 409 g/mol. The van der Waals surface area contributed by atoms with Crippen molar-refractivity contribution in [2.45, 2.75) is 39.0 Å². The number of hydrogen-bond donors (Lipinski definition) is 0. The lowest BCUT2D eigenvalue weighted by molar-refractivity contribution is -0.118. The van der Waals surface area contributed by atoms with Crippen molar-refractivity contribution in [3.63, 3.8) is 0 Å². The molecule has 0 saturated carbocycles. The van der Waals surface area contributed by atoms with E-state index in [1.54, 1.807) is 18.1 Å². The summed E-state index contributed by atoms with van der Waals surface area (Å²) in [6.45, 7) is 2.52. The summed E-state index contributed by atoms with van der Waals surface area (Å²) in [4.78, 5) is 19.0. The average molecular weight is 409 g/mol. The first-order valence-corrected chi connectivity index (χ1v) is 10.1. The van der Waals surface area contributed by atoms with Gasteiger partial charge in [0.25, 0.3) is 0 Å². The Balaban J connectivity index is 1.36. The Kier molecular flexibility index (Phi) is 5.79. The third kappa shape index (κ3) is 4.20. The third-order valence-electron chi connectivity index (χ3n) is 5.34. The van der Waals surface area contributed by atoms with Gasteiger partial charge in [-0.25, -0.2) is 4.39 Å². The van der Waals surface area contributed by atoms with E-state index in [1.165, 1.54) is 6.07 Å². The normalized spacial score (nSPS) is 13.2. The number of aryl methyl sites for hydroxylation is 3. The van der Waals surface area contributed by atoms with E-state index in [2.05, 4.69) is 10.1 Å². The van der Waals surface area contributed by atoms with Crippen LogP contribution in [0.15, 0.2) is 40.9 Å². The first kappa shape index (κ1) is 20.1. The Hall–Kier alpha value is -3.22. The number of rotatable bonds is 6. The van der Waals surface area contributed by atoms with Gasteiger partial charge in [-0.15, -0.1) is 0 Å². The number of carbonyl (C=O) groups excluding carboxylic acids is 1. The molecule has 7 heteroatoms. The quantitative estimate of drug-likeness (QED) is 0.600. The maximum absolute atomic E-state index is 13.7. The van der Waals surface area contributed by atoms with E-state index in [4.69, 9.17) is 9.26 Å². The molecule has 0 fully saturated rings. The van der Waals surface area contributed by atoms with Crippen molar-refractivity contribution in [1.29, 1.82) is 0 Å². The summed E-state index contributed by atoms with van der Waals surface area (Å²) < 4.78 is 24.2. The van der Waals surface area contributed by atoms with Crippen molar-refractivity contribution >= 4 is 11.6 Å². The van der Waals surface area contributed by atoms with Crippen LogP contribution in [0.4, 0.5) is 10.1 Å². The highest BCUT2D eigenvalue weighted by Crippen LogP contribution is 2.32. The maximum atomic E-state index is 13.7. The maximum Gasteiger partial charge on any atom is 0.227 e. The molecule has 0 aliphatic carbocycles. The number of halogens is 1. The topological polar surface area (TPSA) is 68.5 Å². The van der Waals surface area contributed by atoms with Crippen molar-refractivity contribution in [2.75, 3.05) is 18.6 Å². The second-order valence-electron chi connectivity index (χ2n) is 7.47. The zero-order valence-electron chi connectivity index (χ0n) is 17.2. The molecular formula is C23H24FN3O3. The molecule has 0 unspecified atom stereocenters. The van der Waals surface area contributed by atoms with Gasteiger partial charge in [-0.2, -0.15) is 4.98 Å². The molecule has 2 heterocycles. The molecule has 2 aromatic carbocycles. The van der Waals surface area contributed by atoms with E-state index in [0.29, 0.717) is 37.5 Å². The highest BCUT2D eigenvalue weighted by molar-refractivity contribution is 5.95. The van der Waals surface area contributed by atoms with Gasteiger partial charge in [0.15, 0.2) is 0 Å². The fraction of sp³-hybridized carbons (Fsp3) is 0.348. The molecule has 0 radical (unpaired) electrons. The van der Waals surface area contributed by atoms with Gasteiger partial charge < -0.3 is 14.2 Å². The summed E-state index contributed by atoms with van der Waals surface area (Å²) in [6.07, 6.45) is 3.15. The van der Waals surface area contributed by atoms with Crippen LogP contribution >= 0.6 is 0 Å². The fourth-order valence-corrected chi connectivity index (χ4v) is 3.91. The summed E-state index contributed by atoms with van der Waals surface area (Å²) in [5.41, 5.74) is 3.42. The number of aromatic nitrogens is 2. The number of nitrogens with zero attached hydrogens (tertiary/aromatic N) is 3. The van der Waals surface area contributed by atoms with Crippen molar-refractivity contribution in [2.24, 2.45) is 0 Å². The Morgan fingerprint density at radius 1 is 1.27 bits per heavy atom. The van der Waals surface area contributed by atoms with E-state index in [-0.39, 0.29) is 11.7 Å². The van der Waals surface area contributed by atoms with Crippen molar-refractivity contribution in [3.8, 4) is 17.1 Å². The fourth-order valence-electron chi connectivity index (χ4n) is 3.91. The number of methoxy groups -OCH3 is 1. The van der Waals surface area contributed by atoms with Crippen LogP contribution in [0.3, 0.4) is 0 Å². The smallest absolute Gasteiger partial charge is 0.227 e. The zero-order valence-corrected chi connectivity index (χ0v) is 17.2. The predicted octanol–water partition coefficient (Wildman–Crippen LogP) is 4.49. The van der Waals surface area contributed by atoms with Crippen LogP contribution in [-0.2, 0) is 17.6 Å². The number of ether oxygens (including phenoxy) is 1. The Morgan fingerprint density at radius 2 is 2.07 bits per heavy atom. The second-order valence-corrected chi connectivity index (χ2v) is 7.47. The molecule has 0 spiro atoms. The minimum absolute atomic E-state index is 0.0422. The molecule has 1 aliphatic rings. The van der Waals surface area contributed by atoms with E-state index < -0.39 is 0 Å². The van der Waals surface area contributed by atoms with E-state index in [1.807, 2.05) is 31.2 Å². The minimum atomic E-state index is -0.246. The van der Waals surface area contributed by atoms with E-state index in [9.17, 15) is 9.18 Å². The molecule has 3 aromatic rings. The van der Waals surface area contributed by atoms with Gasteiger partial charge in [0.05, 0.1) is 7.11 Å². The Labute approximate surface area is 174 Å². The van der Waals surface area contributed by atoms with Crippen LogP contribution in [0.2, 0.25) is 0 Å². The molecule has 1 aromatic heterocycles. The van der Waals surface area contributed by atoms with Crippen LogP contribution in [-0.4, -0.2) is 29.7 Å². The summed E-state index contributed by atoms with van der Waals surface area (Å²) in [5, 5.41) is 4.02. The zero-order chi connectivity index (χ0) is 21.1. The molecule has 1 aliphatic heterocycles. The SMILES string of the molecule is COc1ccc(-c2noc(CCCC(=O)N3CCCc4cc(F)cc(C)c43)n2)cc1. The molecule has 156 valence electrons. The predicted molar refractivity (Wildman–Crippen MR) is 111 cm³/mol. The van der Waals surface area contributed by atoms with Gasteiger partial charge >= 0.3 is 0 Å². The molecule has 6 nitrogen and oxygen atoms in total.